The van der Waals surface area contributed by atoms with Crippen molar-refractivity contribution in [1.29, 1.82) is 0 Å². The van der Waals surface area contributed by atoms with Crippen molar-refractivity contribution in [2.75, 3.05) is 6.61 Å². The Bertz CT molecular complexity index is 1920. The molecule has 1 spiro atoms. The van der Waals surface area contributed by atoms with Crippen LogP contribution in [-0.4, -0.2) is 63.9 Å². The lowest BCUT2D eigenvalue weighted by Crippen LogP contribution is -2.65. The minimum Gasteiger partial charge on any atom is -0.461 e. The second kappa shape index (κ2) is 11.9. The van der Waals surface area contributed by atoms with Crippen molar-refractivity contribution < 1.29 is 43.6 Å². The molecule has 0 unspecified atom stereocenters. The third-order valence-electron chi connectivity index (χ3n) is 11.8. The number of ether oxygens (including phenoxy) is 3. The van der Waals surface area contributed by atoms with E-state index in [1.54, 1.807) is 124 Å². The van der Waals surface area contributed by atoms with Crippen LogP contribution in [-0.2, 0) is 19.0 Å². The molecule has 4 aliphatic carbocycles. The van der Waals surface area contributed by atoms with Gasteiger partial charge in [-0.15, -0.1) is 0 Å². The lowest BCUT2D eigenvalue weighted by molar-refractivity contribution is -0.191. The number of hydrogen-bond acceptors (Lipinski definition) is 9. The lowest BCUT2D eigenvalue weighted by Gasteiger charge is -2.49. The van der Waals surface area contributed by atoms with Gasteiger partial charge in [0.15, 0.2) is 17.5 Å². The molecule has 2 bridgehead atoms. The average Bonchev–Trinajstić information content (AvgIpc) is 3.57. The number of ketones is 1. The van der Waals surface area contributed by atoms with E-state index >= 15 is 4.79 Å². The van der Waals surface area contributed by atoms with Gasteiger partial charge >= 0.3 is 17.9 Å². The number of carbonyl (C=O) groups is 4. The van der Waals surface area contributed by atoms with Gasteiger partial charge in [-0.3, -0.25) is 4.79 Å². The summed E-state index contributed by atoms with van der Waals surface area (Å²) in [5.74, 6) is -4.62. The van der Waals surface area contributed by atoms with Crippen molar-refractivity contribution >= 4 is 23.7 Å². The van der Waals surface area contributed by atoms with Crippen LogP contribution < -0.4 is 0 Å². The van der Waals surface area contributed by atoms with Crippen molar-refractivity contribution in [3.8, 4) is 0 Å². The summed E-state index contributed by atoms with van der Waals surface area (Å²) in [5.41, 5.74) is -4.65. The summed E-state index contributed by atoms with van der Waals surface area (Å²) in [7, 11) is 0. The van der Waals surface area contributed by atoms with Gasteiger partial charge in [-0.25, -0.2) is 14.4 Å². The third kappa shape index (κ3) is 4.67. The summed E-state index contributed by atoms with van der Waals surface area (Å²) < 4.78 is 18.4. The predicted molar refractivity (Wildman–Crippen MR) is 182 cm³/mol. The number of benzene rings is 3. The van der Waals surface area contributed by atoms with Crippen LogP contribution >= 0.6 is 0 Å². The Hall–Kier alpha value is -4.86. The molecule has 0 amide bonds. The summed E-state index contributed by atoms with van der Waals surface area (Å²) in [6, 6.07) is 25.4. The maximum Gasteiger partial charge on any atom is 0.338 e. The molecule has 7 rings (SSSR count). The zero-order valence-electron chi connectivity index (χ0n) is 28.4. The van der Waals surface area contributed by atoms with Gasteiger partial charge in [0.05, 0.1) is 22.1 Å². The maximum atomic E-state index is 15.2. The monoisotopic (exact) mass is 676 g/mol. The van der Waals surface area contributed by atoms with E-state index < -0.39 is 69.9 Å². The molecule has 0 heterocycles. The van der Waals surface area contributed by atoms with E-state index in [0.29, 0.717) is 22.3 Å². The molecule has 0 aliphatic heterocycles. The summed E-state index contributed by atoms with van der Waals surface area (Å²) in [5, 5.41) is 24.9. The van der Waals surface area contributed by atoms with Crippen LogP contribution in [0.15, 0.2) is 114 Å². The smallest absolute Gasteiger partial charge is 0.338 e. The van der Waals surface area contributed by atoms with Gasteiger partial charge in [0, 0.05) is 17.3 Å². The van der Waals surface area contributed by atoms with Crippen molar-refractivity contribution in [2.24, 2.45) is 28.6 Å². The highest BCUT2D eigenvalue weighted by atomic mass is 16.6. The molecule has 0 radical (unpaired) electrons. The van der Waals surface area contributed by atoms with Crippen LogP contribution in [0.1, 0.15) is 65.2 Å². The minimum atomic E-state index is -2.27. The van der Waals surface area contributed by atoms with Gasteiger partial charge in [-0.1, -0.05) is 80.6 Å². The second-order valence-corrected chi connectivity index (χ2v) is 14.5. The highest BCUT2D eigenvalue weighted by molar-refractivity contribution is 5.97. The molecule has 2 N–H and O–H groups in total. The number of aliphatic hydroxyl groups excluding tert-OH is 1. The summed E-state index contributed by atoms with van der Waals surface area (Å²) in [6.07, 6.45) is 0.442. The van der Waals surface area contributed by atoms with Crippen LogP contribution in [0.2, 0.25) is 0 Å². The number of rotatable bonds is 7. The Labute approximate surface area is 290 Å². The molecule has 0 saturated heterocycles. The second-order valence-electron chi connectivity index (χ2n) is 14.5. The van der Waals surface area contributed by atoms with E-state index in [4.69, 9.17) is 14.2 Å². The normalized spacial score (nSPS) is 35.2. The van der Waals surface area contributed by atoms with Crippen LogP contribution in [0.4, 0.5) is 0 Å². The fraction of sp³-hybridized carbons (Fsp3) is 0.366. The van der Waals surface area contributed by atoms with Crippen LogP contribution in [0.3, 0.4) is 0 Å². The van der Waals surface area contributed by atoms with E-state index in [2.05, 4.69) is 0 Å². The average molecular weight is 677 g/mol. The number of aliphatic hydroxyl groups is 2. The van der Waals surface area contributed by atoms with Gasteiger partial charge < -0.3 is 24.4 Å². The van der Waals surface area contributed by atoms with Crippen molar-refractivity contribution in [3.05, 3.63) is 131 Å². The summed E-state index contributed by atoms with van der Waals surface area (Å²) >= 11 is 0. The summed E-state index contributed by atoms with van der Waals surface area (Å²) in [4.78, 5) is 55.6. The van der Waals surface area contributed by atoms with Crippen molar-refractivity contribution in [2.45, 2.75) is 57.5 Å². The van der Waals surface area contributed by atoms with Crippen molar-refractivity contribution in [1.82, 2.24) is 0 Å². The Morgan fingerprint density at radius 3 is 1.88 bits per heavy atom. The van der Waals surface area contributed by atoms with Gasteiger partial charge in [-0.05, 0) is 73.7 Å². The summed E-state index contributed by atoms with van der Waals surface area (Å²) in [6.45, 7) is 6.79. The molecule has 258 valence electrons. The fourth-order valence-corrected chi connectivity index (χ4v) is 9.31. The highest BCUT2D eigenvalue weighted by Gasteiger charge is 2.85. The van der Waals surface area contributed by atoms with Gasteiger partial charge in [-0.2, -0.15) is 0 Å². The quantitative estimate of drug-likeness (QED) is 0.188. The first-order valence-electron chi connectivity index (χ1n) is 16.9. The molecule has 50 heavy (non-hydrogen) atoms. The predicted octanol–water partition coefficient (Wildman–Crippen LogP) is 5.52. The first-order valence-corrected chi connectivity index (χ1v) is 16.9. The molecular formula is C41H40O9. The molecule has 0 aromatic heterocycles. The molecule has 9 nitrogen and oxygen atoms in total. The Morgan fingerprint density at radius 1 is 0.800 bits per heavy atom. The molecule has 9 heteroatoms. The number of Topliss-reactive ketones (excluding diaryl/α,β-unsaturated/α-hetero) is 1. The lowest BCUT2D eigenvalue weighted by atomic mass is 9.59. The molecule has 2 saturated carbocycles. The van der Waals surface area contributed by atoms with Crippen LogP contribution in [0, 0.1) is 28.6 Å². The zero-order chi connectivity index (χ0) is 35.6. The first-order chi connectivity index (χ1) is 23.8. The largest absolute Gasteiger partial charge is 0.461 e. The van der Waals surface area contributed by atoms with Crippen LogP contribution in [0.5, 0.6) is 0 Å². The molecule has 3 aromatic rings. The van der Waals surface area contributed by atoms with Gasteiger partial charge in [0.2, 0.25) is 0 Å². The Morgan fingerprint density at radius 2 is 1.32 bits per heavy atom. The van der Waals surface area contributed by atoms with Crippen LogP contribution in [0.25, 0.3) is 0 Å². The van der Waals surface area contributed by atoms with E-state index in [0.717, 1.165) is 0 Å². The standard InChI is InChI=1S/C41H40O9/c1-24-20-30-31-38(4,23-48-35(44)27-14-8-5-9-15-27)40(31,50-37(46)29-18-12-7-13-19-29)22-26(3)39(33(30)43)21-25(2)34(41(39,47)32(24)42)49-36(45)28-16-10-6-11-17-28/h5-21,26,30-32,34,42,47H,22-23H2,1-4H3/t26-,30+,31-,32-,34+,38+,39+,40-,41+/m1/s1. The fourth-order valence-electron chi connectivity index (χ4n) is 9.31. The third-order valence-corrected chi connectivity index (χ3v) is 11.8. The maximum absolute atomic E-state index is 15.2. The van der Waals surface area contributed by atoms with Crippen molar-refractivity contribution in [3.63, 3.8) is 0 Å². The van der Waals surface area contributed by atoms with Gasteiger partial charge in [0.1, 0.15) is 18.3 Å². The molecular weight excluding hydrogens is 636 g/mol. The minimum absolute atomic E-state index is 0.0862. The van der Waals surface area contributed by atoms with E-state index in [-0.39, 0.29) is 24.4 Å². The number of hydrogen-bond donors (Lipinski definition) is 2. The Balaban J connectivity index is 1.32. The zero-order valence-corrected chi connectivity index (χ0v) is 28.4. The molecule has 2 fully saturated rings. The van der Waals surface area contributed by atoms with E-state index in [1.807, 2.05) is 6.92 Å². The number of esters is 3. The number of allylic oxidation sites excluding steroid dienone is 1. The molecule has 9 atom stereocenters. The van der Waals surface area contributed by atoms with E-state index in [9.17, 15) is 24.6 Å². The van der Waals surface area contributed by atoms with E-state index in [1.165, 1.54) is 0 Å². The highest BCUT2D eigenvalue weighted by Crippen LogP contribution is 2.75. The SMILES string of the molecule is CC1=C[C@@H]2C(=O)[C@]3(C=C(C)[C@H](OC(=O)c4ccccc4)[C@@]3(O)[C@@H]1O)[C@H](C)C[C@@]1(OC(=O)c3ccccc3)[C@H]2[C@]1(C)COC(=O)c1ccccc1. The van der Waals surface area contributed by atoms with Gasteiger partial charge in [0.25, 0.3) is 0 Å². The molecule has 3 aromatic carbocycles. The molecule has 4 aliphatic rings. The number of carbonyl (C=O) groups excluding carboxylic acids is 4. The number of fused-ring (bicyclic) bond motifs is 3. The first kappa shape index (κ1) is 33.6. The topological polar surface area (TPSA) is 136 Å². The Kier molecular flexibility index (Phi) is 7.99.